The molecule has 3 aromatic rings. The highest BCUT2D eigenvalue weighted by molar-refractivity contribution is 5.73. The number of hydrogen-bond donors (Lipinski definition) is 1. The van der Waals surface area contributed by atoms with E-state index in [0.717, 1.165) is 36.1 Å². The van der Waals surface area contributed by atoms with Gasteiger partial charge in [-0.25, -0.2) is 0 Å². The van der Waals surface area contributed by atoms with Crippen LogP contribution in [0.5, 0.6) is 5.75 Å². The number of nitrogens with zero attached hydrogens (tertiary/aromatic N) is 1. The molecule has 0 fully saturated rings. The van der Waals surface area contributed by atoms with Crippen LogP contribution in [0.25, 0.3) is 11.1 Å². The fourth-order valence-electron chi connectivity index (χ4n) is 2.83. The first-order valence-electron chi connectivity index (χ1n) is 8.08. The van der Waals surface area contributed by atoms with Crippen molar-refractivity contribution in [3.8, 4) is 16.9 Å². The summed E-state index contributed by atoms with van der Waals surface area (Å²) in [6.45, 7) is 2.13. The average molecular weight is 303 g/mol. The molecule has 0 unspecified atom stereocenters. The monoisotopic (exact) mass is 303 g/mol. The second kappa shape index (κ2) is 7.10. The molecule has 1 N–H and O–H groups in total. The van der Waals surface area contributed by atoms with Crippen LogP contribution in [0.3, 0.4) is 0 Å². The van der Waals surface area contributed by atoms with Crippen LogP contribution in [0, 0.1) is 0 Å². The predicted molar refractivity (Wildman–Crippen MR) is 94.6 cm³/mol. The number of hydrogen-bond acceptors (Lipinski definition) is 2. The normalized spacial score (nSPS) is 10.7. The molecule has 0 saturated carbocycles. The standard InChI is InChI=1S/C21H21NO/c1-2-16-10-13-21(23)20(15-16)19-9-4-3-7-17(19)11-12-18-8-5-6-14-22-18/h3-10,13-15,23H,2,11-12H2,1H3. The first-order chi connectivity index (χ1) is 11.3. The van der Waals surface area contributed by atoms with E-state index in [2.05, 4.69) is 42.2 Å². The van der Waals surface area contributed by atoms with Gasteiger partial charge in [0.05, 0.1) is 0 Å². The number of aromatic nitrogens is 1. The van der Waals surface area contributed by atoms with Gasteiger partial charge in [0.1, 0.15) is 5.75 Å². The van der Waals surface area contributed by atoms with Gasteiger partial charge in [0, 0.05) is 17.5 Å². The number of phenolic OH excluding ortho intramolecular Hbond substituents is 1. The molecule has 2 nitrogen and oxygen atoms in total. The van der Waals surface area contributed by atoms with E-state index in [4.69, 9.17) is 0 Å². The molecule has 0 aliphatic rings. The minimum Gasteiger partial charge on any atom is -0.507 e. The molecule has 0 amide bonds. The fraction of sp³-hybridized carbons (Fsp3) is 0.190. The summed E-state index contributed by atoms with van der Waals surface area (Å²) < 4.78 is 0. The van der Waals surface area contributed by atoms with Crippen molar-refractivity contribution in [2.45, 2.75) is 26.2 Å². The summed E-state index contributed by atoms with van der Waals surface area (Å²) in [5.41, 5.74) is 5.59. The first-order valence-corrected chi connectivity index (χ1v) is 8.08. The molecule has 116 valence electrons. The third-order valence-corrected chi connectivity index (χ3v) is 4.15. The van der Waals surface area contributed by atoms with Gasteiger partial charge in [-0.05, 0) is 60.2 Å². The zero-order valence-electron chi connectivity index (χ0n) is 13.4. The summed E-state index contributed by atoms with van der Waals surface area (Å²) in [4.78, 5) is 4.39. The van der Waals surface area contributed by atoms with Crippen LogP contribution in [0.4, 0.5) is 0 Å². The highest BCUT2D eigenvalue weighted by Crippen LogP contribution is 2.33. The van der Waals surface area contributed by atoms with Crippen LogP contribution in [0.1, 0.15) is 23.7 Å². The Morgan fingerprint density at radius 3 is 2.48 bits per heavy atom. The molecule has 0 aliphatic carbocycles. The molecule has 0 radical (unpaired) electrons. The summed E-state index contributed by atoms with van der Waals surface area (Å²) in [6, 6.07) is 20.2. The van der Waals surface area contributed by atoms with E-state index in [1.54, 1.807) is 6.07 Å². The fourth-order valence-corrected chi connectivity index (χ4v) is 2.83. The van der Waals surface area contributed by atoms with E-state index >= 15 is 0 Å². The van der Waals surface area contributed by atoms with Gasteiger partial charge in [0.2, 0.25) is 0 Å². The Morgan fingerprint density at radius 1 is 0.870 bits per heavy atom. The Hall–Kier alpha value is -2.61. The van der Waals surface area contributed by atoms with Crippen LogP contribution in [-0.2, 0) is 19.3 Å². The topological polar surface area (TPSA) is 33.1 Å². The lowest BCUT2D eigenvalue weighted by Gasteiger charge is -2.12. The number of rotatable bonds is 5. The second-order valence-electron chi connectivity index (χ2n) is 5.68. The minimum atomic E-state index is 0.340. The van der Waals surface area contributed by atoms with Crippen molar-refractivity contribution < 1.29 is 5.11 Å². The number of aromatic hydroxyl groups is 1. The van der Waals surface area contributed by atoms with Gasteiger partial charge in [-0.1, -0.05) is 43.3 Å². The van der Waals surface area contributed by atoms with Crippen molar-refractivity contribution in [3.05, 3.63) is 83.7 Å². The highest BCUT2D eigenvalue weighted by Gasteiger charge is 2.10. The summed E-state index contributed by atoms with van der Waals surface area (Å²) in [7, 11) is 0. The van der Waals surface area contributed by atoms with Gasteiger partial charge in [-0.15, -0.1) is 0 Å². The quantitative estimate of drug-likeness (QED) is 0.734. The van der Waals surface area contributed by atoms with Crippen LogP contribution in [-0.4, -0.2) is 10.1 Å². The lowest BCUT2D eigenvalue weighted by molar-refractivity contribution is 0.477. The first kappa shape index (κ1) is 15.3. The second-order valence-corrected chi connectivity index (χ2v) is 5.68. The highest BCUT2D eigenvalue weighted by atomic mass is 16.3. The molecule has 2 heteroatoms. The van der Waals surface area contributed by atoms with Gasteiger partial charge >= 0.3 is 0 Å². The third-order valence-electron chi connectivity index (χ3n) is 4.15. The summed E-state index contributed by atoms with van der Waals surface area (Å²) in [6.07, 6.45) is 4.59. The van der Waals surface area contributed by atoms with Gasteiger partial charge in [-0.2, -0.15) is 0 Å². The van der Waals surface area contributed by atoms with E-state index in [9.17, 15) is 5.11 Å². The summed E-state index contributed by atoms with van der Waals surface area (Å²) >= 11 is 0. The number of phenols is 1. The van der Waals surface area contributed by atoms with Gasteiger partial charge < -0.3 is 5.11 Å². The maximum atomic E-state index is 10.3. The zero-order valence-corrected chi connectivity index (χ0v) is 13.4. The molecular weight excluding hydrogens is 282 g/mol. The molecule has 1 aromatic heterocycles. The van der Waals surface area contributed by atoms with Crippen molar-refractivity contribution in [1.82, 2.24) is 4.98 Å². The van der Waals surface area contributed by atoms with E-state index < -0.39 is 0 Å². The Balaban J connectivity index is 1.92. The van der Waals surface area contributed by atoms with Crippen LogP contribution in [0.2, 0.25) is 0 Å². The largest absolute Gasteiger partial charge is 0.507 e. The Morgan fingerprint density at radius 2 is 1.70 bits per heavy atom. The van der Waals surface area contributed by atoms with Gasteiger partial charge in [-0.3, -0.25) is 4.98 Å². The van der Waals surface area contributed by atoms with Crippen molar-refractivity contribution in [3.63, 3.8) is 0 Å². The molecule has 0 saturated heterocycles. The maximum Gasteiger partial charge on any atom is 0.123 e. The van der Waals surface area contributed by atoms with E-state index in [0.29, 0.717) is 5.75 Å². The van der Waals surface area contributed by atoms with Crippen LogP contribution in [0.15, 0.2) is 66.9 Å². The molecular formula is C21H21NO. The minimum absolute atomic E-state index is 0.340. The molecule has 0 bridgehead atoms. The summed E-state index contributed by atoms with van der Waals surface area (Å²) in [5.74, 6) is 0.340. The molecule has 0 atom stereocenters. The SMILES string of the molecule is CCc1ccc(O)c(-c2ccccc2CCc2ccccn2)c1. The van der Waals surface area contributed by atoms with Crippen molar-refractivity contribution in [2.75, 3.05) is 0 Å². The lowest BCUT2D eigenvalue weighted by atomic mass is 9.94. The molecule has 0 aliphatic heterocycles. The maximum absolute atomic E-state index is 10.3. The molecule has 2 aromatic carbocycles. The Kier molecular flexibility index (Phi) is 4.72. The lowest BCUT2D eigenvalue weighted by Crippen LogP contribution is -1.96. The smallest absolute Gasteiger partial charge is 0.123 e. The molecule has 23 heavy (non-hydrogen) atoms. The number of pyridine rings is 1. The average Bonchev–Trinajstić information content (AvgIpc) is 2.62. The van der Waals surface area contributed by atoms with Crippen LogP contribution >= 0.6 is 0 Å². The third kappa shape index (κ3) is 3.59. The van der Waals surface area contributed by atoms with Crippen molar-refractivity contribution >= 4 is 0 Å². The van der Waals surface area contributed by atoms with E-state index in [1.165, 1.54) is 11.1 Å². The molecule has 0 spiro atoms. The van der Waals surface area contributed by atoms with E-state index in [1.807, 2.05) is 30.5 Å². The van der Waals surface area contributed by atoms with Gasteiger partial charge in [0.25, 0.3) is 0 Å². The van der Waals surface area contributed by atoms with Gasteiger partial charge in [0.15, 0.2) is 0 Å². The Labute approximate surface area is 137 Å². The number of benzene rings is 2. The Bertz CT molecular complexity index is 781. The zero-order chi connectivity index (χ0) is 16.1. The van der Waals surface area contributed by atoms with E-state index in [-0.39, 0.29) is 0 Å². The van der Waals surface area contributed by atoms with Crippen LogP contribution < -0.4 is 0 Å². The van der Waals surface area contributed by atoms with Crippen molar-refractivity contribution in [2.24, 2.45) is 0 Å². The molecule has 1 heterocycles. The van der Waals surface area contributed by atoms with Crippen molar-refractivity contribution in [1.29, 1.82) is 0 Å². The predicted octanol–water partition coefficient (Wildman–Crippen LogP) is 4.80. The summed E-state index contributed by atoms with van der Waals surface area (Å²) in [5, 5.41) is 10.3. The number of aryl methyl sites for hydroxylation is 3. The molecule has 3 rings (SSSR count).